The average Bonchev–Trinajstić information content (AvgIpc) is 2.78. The van der Waals surface area contributed by atoms with Gasteiger partial charge in [-0.2, -0.15) is 8.42 Å². The van der Waals surface area contributed by atoms with Crippen molar-refractivity contribution in [3.8, 4) is 0 Å². The monoisotopic (exact) mass is 310 g/mol. The second kappa shape index (κ2) is 5.75. The number of benzene rings is 1. The molecule has 0 saturated carbocycles. The molecular weight excluding hydrogens is 292 g/mol. The summed E-state index contributed by atoms with van der Waals surface area (Å²) in [6, 6.07) is 6.93. The summed E-state index contributed by atoms with van der Waals surface area (Å²) in [5.74, 6) is 0.547. The minimum Gasteiger partial charge on any atom is -0.394 e. The van der Waals surface area contributed by atoms with Crippen LogP contribution < -0.4 is 0 Å². The van der Waals surface area contributed by atoms with Gasteiger partial charge in [-0.15, -0.1) is 4.40 Å². The summed E-state index contributed by atoms with van der Waals surface area (Å²) in [6.45, 7) is 1.79. The lowest BCUT2D eigenvalue weighted by Gasteiger charge is -2.33. The molecule has 0 amide bonds. The highest BCUT2D eigenvalue weighted by molar-refractivity contribution is 7.90. The number of aliphatic hydroxyl groups is 1. The van der Waals surface area contributed by atoms with E-state index in [0.717, 1.165) is 12.8 Å². The standard InChI is InChI=1S/C14H18N2O4S/c17-9-10-20-11-5-7-16(8-6-11)14-12-3-1-2-4-13(12)21(18,19)15-14/h1-4,11,17H,5-10H2. The second-order valence-electron chi connectivity index (χ2n) is 5.17. The van der Waals surface area contributed by atoms with Crippen LogP contribution >= 0.6 is 0 Å². The Balaban J connectivity index is 1.75. The first-order chi connectivity index (χ1) is 10.1. The molecule has 2 aliphatic rings. The van der Waals surface area contributed by atoms with Gasteiger partial charge in [0.1, 0.15) is 4.90 Å². The Bertz CT molecular complexity index is 649. The quantitative estimate of drug-likeness (QED) is 0.885. The van der Waals surface area contributed by atoms with Crippen molar-refractivity contribution >= 4 is 15.9 Å². The summed E-state index contributed by atoms with van der Waals surface area (Å²) in [6.07, 6.45) is 1.74. The van der Waals surface area contributed by atoms with Gasteiger partial charge in [-0.05, 0) is 25.0 Å². The predicted octanol–water partition coefficient (Wildman–Crippen LogP) is 0.609. The molecule has 21 heavy (non-hydrogen) atoms. The van der Waals surface area contributed by atoms with Crippen LogP contribution in [0.3, 0.4) is 0 Å². The van der Waals surface area contributed by atoms with E-state index in [-0.39, 0.29) is 12.7 Å². The highest BCUT2D eigenvalue weighted by Gasteiger charge is 2.33. The van der Waals surface area contributed by atoms with Crippen LogP contribution in [0.4, 0.5) is 0 Å². The normalized spacial score (nSPS) is 21.2. The zero-order chi connectivity index (χ0) is 14.9. The van der Waals surface area contributed by atoms with Gasteiger partial charge in [0, 0.05) is 18.7 Å². The lowest BCUT2D eigenvalue weighted by atomic mass is 10.1. The van der Waals surface area contributed by atoms with E-state index in [1.54, 1.807) is 18.2 Å². The van der Waals surface area contributed by atoms with Gasteiger partial charge in [0.25, 0.3) is 10.0 Å². The molecule has 0 spiro atoms. The fourth-order valence-corrected chi connectivity index (χ4v) is 4.00. The number of sulfonamides is 1. The lowest BCUT2D eigenvalue weighted by Crippen LogP contribution is -2.41. The topological polar surface area (TPSA) is 79.2 Å². The van der Waals surface area contributed by atoms with Crippen molar-refractivity contribution in [2.45, 2.75) is 23.8 Å². The van der Waals surface area contributed by atoms with Crippen LogP contribution in [-0.4, -0.2) is 56.7 Å². The minimum absolute atomic E-state index is 0.0263. The summed E-state index contributed by atoms with van der Waals surface area (Å²) in [5, 5.41) is 8.77. The number of fused-ring (bicyclic) bond motifs is 1. The third-order valence-corrected chi connectivity index (χ3v) is 5.12. The number of amidine groups is 1. The van der Waals surface area contributed by atoms with Gasteiger partial charge >= 0.3 is 0 Å². The zero-order valence-electron chi connectivity index (χ0n) is 11.6. The average molecular weight is 310 g/mol. The number of aliphatic hydroxyl groups excluding tert-OH is 1. The number of likely N-dealkylation sites (tertiary alicyclic amines) is 1. The molecule has 7 heteroatoms. The fraction of sp³-hybridized carbons (Fsp3) is 0.500. The summed E-state index contributed by atoms with van der Waals surface area (Å²) >= 11 is 0. The zero-order valence-corrected chi connectivity index (χ0v) is 12.4. The van der Waals surface area contributed by atoms with Crippen LogP contribution in [0.25, 0.3) is 0 Å². The third kappa shape index (κ3) is 2.81. The van der Waals surface area contributed by atoms with Gasteiger partial charge in [-0.3, -0.25) is 0 Å². The van der Waals surface area contributed by atoms with Gasteiger partial charge in [-0.1, -0.05) is 12.1 Å². The molecular formula is C14H18N2O4S. The fourth-order valence-electron chi connectivity index (χ4n) is 2.77. The Morgan fingerprint density at radius 1 is 1.29 bits per heavy atom. The minimum atomic E-state index is -3.55. The van der Waals surface area contributed by atoms with Gasteiger partial charge in [0.15, 0.2) is 5.84 Å². The third-order valence-electron chi connectivity index (χ3n) is 3.80. The van der Waals surface area contributed by atoms with Crippen molar-refractivity contribution in [3.63, 3.8) is 0 Å². The number of ether oxygens (including phenoxy) is 1. The lowest BCUT2D eigenvalue weighted by molar-refractivity contribution is 0.00172. The van der Waals surface area contributed by atoms with Crippen molar-refractivity contribution in [2.75, 3.05) is 26.3 Å². The summed E-state index contributed by atoms with van der Waals surface area (Å²) in [7, 11) is -3.55. The molecule has 1 aromatic carbocycles. The molecule has 1 fully saturated rings. The van der Waals surface area contributed by atoms with E-state index in [2.05, 4.69) is 4.40 Å². The molecule has 1 saturated heterocycles. The number of nitrogens with zero attached hydrogens (tertiary/aromatic N) is 2. The van der Waals surface area contributed by atoms with Gasteiger partial charge < -0.3 is 14.7 Å². The first kappa shape index (κ1) is 14.5. The maximum absolute atomic E-state index is 12.0. The smallest absolute Gasteiger partial charge is 0.285 e. The van der Waals surface area contributed by atoms with Crippen molar-refractivity contribution in [1.82, 2.24) is 4.90 Å². The largest absolute Gasteiger partial charge is 0.394 e. The van der Waals surface area contributed by atoms with Crippen LogP contribution in [0.1, 0.15) is 18.4 Å². The maximum atomic E-state index is 12.0. The highest BCUT2D eigenvalue weighted by Crippen LogP contribution is 2.28. The molecule has 0 unspecified atom stereocenters. The summed E-state index contributed by atoms with van der Waals surface area (Å²) < 4.78 is 33.5. The summed E-state index contributed by atoms with van der Waals surface area (Å²) in [5.41, 5.74) is 0.687. The molecule has 2 aliphatic heterocycles. The van der Waals surface area contributed by atoms with Crippen LogP contribution in [-0.2, 0) is 14.8 Å². The maximum Gasteiger partial charge on any atom is 0.285 e. The highest BCUT2D eigenvalue weighted by atomic mass is 32.2. The Kier molecular flexibility index (Phi) is 3.97. The SMILES string of the molecule is O=S1(=O)N=C(N2CCC(OCCO)CC2)c2ccccc21. The molecule has 0 radical (unpaired) electrons. The van der Waals surface area contributed by atoms with Crippen molar-refractivity contribution in [2.24, 2.45) is 4.40 Å². The predicted molar refractivity (Wildman–Crippen MR) is 77.8 cm³/mol. The van der Waals surface area contributed by atoms with Crippen LogP contribution in [0, 0.1) is 0 Å². The van der Waals surface area contributed by atoms with Crippen LogP contribution in [0.2, 0.25) is 0 Å². The van der Waals surface area contributed by atoms with Gasteiger partial charge in [-0.25, -0.2) is 0 Å². The molecule has 2 heterocycles. The van der Waals surface area contributed by atoms with E-state index in [1.807, 2.05) is 11.0 Å². The first-order valence-electron chi connectivity index (χ1n) is 7.03. The van der Waals surface area contributed by atoms with E-state index in [4.69, 9.17) is 9.84 Å². The molecule has 0 aliphatic carbocycles. The van der Waals surface area contributed by atoms with E-state index >= 15 is 0 Å². The number of hydrogen-bond acceptors (Lipinski definition) is 5. The van der Waals surface area contributed by atoms with E-state index < -0.39 is 10.0 Å². The Morgan fingerprint density at radius 2 is 2.00 bits per heavy atom. The molecule has 1 aromatic rings. The van der Waals surface area contributed by atoms with E-state index in [9.17, 15) is 8.42 Å². The Hall–Kier alpha value is -1.44. The molecule has 3 rings (SSSR count). The Morgan fingerprint density at radius 3 is 2.71 bits per heavy atom. The molecule has 0 atom stereocenters. The molecule has 114 valence electrons. The van der Waals surface area contributed by atoms with Crippen LogP contribution in [0.15, 0.2) is 33.6 Å². The Labute approximate surface area is 124 Å². The van der Waals surface area contributed by atoms with Crippen molar-refractivity contribution in [1.29, 1.82) is 0 Å². The molecule has 0 aromatic heterocycles. The summed E-state index contributed by atoms with van der Waals surface area (Å²) in [4.78, 5) is 2.29. The number of rotatable bonds is 3. The van der Waals surface area contributed by atoms with Crippen molar-refractivity contribution in [3.05, 3.63) is 29.8 Å². The number of hydrogen-bond donors (Lipinski definition) is 1. The van der Waals surface area contributed by atoms with E-state index in [0.29, 0.717) is 36.0 Å². The van der Waals surface area contributed by atoms with Crippen LogP contribution in [0.5, 0.6) is 0 Å². The molecule has 1 N–H and O–H groups in total. The number of piperidine rings is 1. The first-order valence-corrected chi connectivity index (χ1v) is 8.47. The van der Waals surface area contributed by atoms with Gasteiger partial charge in [0.05, 0.1) is 19.3 Å². The van der Waals surface area contributed by atoms with Gasteiger partial charge in [0.2, 0.25) is 0 Å². The van der Waals surface area contributed by atoms with Crippen molar-refractivity contribution < 1.29 is 18.3 Å². The molecule has 6 nitrogen and oxygen atoms in total. The van der Waals surface area contributed by atoms with E-state index in [1.165, 1.54) is 0 Å². The molecule has 0 bridgehead atoms. The second-order valence-corrected chi connectivity index (χ2v) is 6.74.